The van der Waals surface area contributed by atoms with E-state index in [-0.39, 0.29) is 18.5 Å². The Bertz CT molecular complexity index is 846. The number of carbonyl (C=O) groups excluding carboxylic acids is 1. The van der Waals surface area contributed by atoms with Crippen LogP contribution >= 0.6 is 11.3 Å². The van der Waals surface area contributed by atoms with Crippen molar-refractivity contribution in [1.29, 1.82) is 0 Å². The minimum Gasteiger partial charge on any atom is -0.346 e. The Kier molecular flexibility index (Phi) is 5.12. The average Bonchev–Trinajstić information content (AvgIpc) is 3.10. The van der Waals surface area contributed by atoms with Crippen molar-refractivity contribution in [3.63, 3.8) is 0 Å². The molecule has 122 valence electrons. The van der Waals surface area contributed by atoms with Crippen molar-refractivity contribution in [2.24, 2.45) is 0 Å². The van der Waals surface area contributed by atoms with Crippen LogP contribution in [0.15, 0.2) is 65.2 Å². The Labute approximate surface area is 142 Å². The molecule has 0 radical (unpaired) electrons. The van der Waals surface area contributed by atoms with E-state index in [0.717, 1.165) is 10.6 Å². The van der Waals surface area contributed by atoms with Crippen LogP contribution in [-0.4, -0.2) is 20.4 Å². The molecule has 0 aliphatic carbocycles. The number of hydrogen-bond donors (Lipinski definition) is 1. The summed E-state index contributed by atoms with van der Waals surface area (Å²) < 4.78 is 1.27. The van der Waals surface area contributed by atoms with Crippen molar-refractivity contribution < 1.29 is 4.79 Å². The van der Waals surface area contributed by atoms with Crippen molar-refractivity contribution in [2.75, 3.05) is 0 Å². The topological polar surface area (TPSA) is 76.9 Å². The molecule has 1 N–H and O–H groups in total. The lowest BCUT2D eigenvalue weighted by Gasteiger charge is -2.18. The van der Waals surface area contributed by atoms with E-state index in [1.54, 1.807) is 29.8 Å². The van der Waals surface area contributed by atoms with Gasteiger partial charge in [0.25, 0.3) is 0 Å². The number of amides is 1. The third-order valence-electron chi connectivity index (χ3n) is 3.46. The number of nitrogens with zero attached hydrogens (tertiary/aromatic N) is 3. The number of pyridine rings is 1. The monoisotopic (exact) mass is 340 g/mol. The molecule has 0 aromatic carbocycles. The first-order chi connectivity index (χ1) is 11.7. The van der Waals surface area contributed by atoms with E-state index in [2.05, 4.69) is 15.3 Å². The minimum atomic E-state index is -0.444. The van der Waals surface area contributed by atoms with Gasteiger partial charge in [-0.2, -0.15) is 0 Å². The van der Waals surface area contributed by atoms with E-state index < -0.39 is 5.69 Å². The van der Waals surface area contributed by atoms with E-state index in [1.165, 1.54) is 10.8 Å². The average molecular weight is 340 g/mol. The fourth-order valence-electron chi connectivity index (χ4n) is 2.34. The van der Waals surface area contributed by atoms with E-state index >= 15 is 0 Å². The number of nitrogens with one attached hydrogen (secondary N) is 1. The van der Waals surface area contributed by atoms with Crippen molar-refractivity contribution in [1.82, 2.24) is 19.9 Å². The molecule has 24 heavy (non-hydrogen) atoms. The molecule has 6 nitrogen and oxygen atoms in total. The third-order valence-corrected chi connectivity index (χ3v) is 4.36. The molecule has 3 aromatic rings. The molecule has 3 heterocycles. The van der Waals surface area contributed by atoms with Gasteiger partial charge in [0, 0.05) is 29.9 Å². The summed E-state index contributed by atoms with van der Waals surface area (Å²) in [6.45, 7) is -0.0690. The smallest absolute Gasteiger partial charge is 0.346 e. The first-order valence-electron chi connectivity index (χ1n) is 7.46. The lowest BCUT2D eigenvalue weighted by Crippen LogP contribution is -2.36. The highest BCUT2D eigenvalue weighted by atomic mass is 32.1. The maximum atomic E-state index is 12.4. The zero-order valence-corrected chi connectivity index (χ0v) is 13.6. The standard InChI is InChI=1S/C17H16N4O2S/c22-16(12-21-9-4-8-19-17(21)23)20-15(11-13-5-3-10-24-13)14-6-1-2-7-18-14/h1-10,15H,11-12H2,(H,20,22)/t15-/m0/s1. The largest absolute Gasteiger partial charge is 0.347 e. The van der Waals surface area contributed by atoms with Gasteiger partial charge in [-0.25, -0.2) is 9.78 Å². The summed E-state index contributed by atoms with van der Waals surface area (Å²) in [5.41, 5.74) is 0.345. The molecule has 1 amide bonds. The van der Waals surface area contributed by atoms with Gasteiger partial charge in [0.15, 0.2) is 0 Å². The van der Waals surface area contributed by atoms with Gasteiger partial charge in [-0.3, -0.25) is 14.3 Å². The molecule has 0 saturated heterocycles. The summed E-state index contributed by atoms with van der Waals surface area (Å²) in [5.74, 6) is -0.252. The highest BCUT2D eigenvalue weighted by Gasteiger charge is 2.17. The van der Waals surface area contributed by atoms with Crippen LogP contribution in [0, 0.1) is 0 Å². The fourth-order valence-corrected chi connectivity index (χ4v) is 3.10. The first kappa shape index (κ1) is 16.1. The molecule has 0 aliphatic heterocycles. The second kappa shape index (κ2) is 7.65. The zero-order chi connectivity index (χ0) is 16.8. The normalized spacial score (nSPS) is 11.8. The molecule has 3 rings (SSSR count). The number of hydrogen-bond acceptors (Lipinski definition) is 5. The maximum absolute atomic E-state index is 12.4. The summed E-state index contributed by atoms with van der Waals surface area (Å²) in [6, 6.07) is 11.0. The molecule has 0 unspecified atom stereocenters. The van der Waals surface area contributed by atoms with Crippen LogP contribution in [0.2, 0.25) is 0 Å². The van der Waals surface area contributed by atoms with Crippen LogP contribution in [0.25, 0.3) is 0 Å². The molecule has 1 atom stereocenters. The molecule has 3 aromatic heterocycles. The molecule has 0 bridgehead atoms. The van der Waals surface area contributed by atoms with Crippen molar-refractivity contribution in [3.8, 4) is 0 Å². The maximum Gasteiger partial charge on any atom is 0.347 e. The fraction of sp³-hybridized carbons (Fsp3) is 0.176. The number of thiophene rings is 1. The van der Waals surface area contributed by atoms with Gasteiger partial charge in [-0.15, -0.1) is 11.3 Å². The van der Waals surface area contributed by atoms with Gasteiger partial charge in [-0.1, -0.05) is 12.1 Å². The second-order valence-electron chi connectivity index (χ2n) is 5.19. The zero-order valence-electron chi connectivity index (χ0n) is 12.8. The molecule has 0 saturated carbocycles. The van der Waals surface area contributed by atoms with Gasteiger partial charge >= 0.3 is 5.69 Å². The first-order valence-corrected chi connectivity index (χ1v) is 8.34. The molecule has 0 aliphatic rings. The predicted octanol–water partition coefficient (Wildman–Crippen LogP) is 1.80. The van der Waals surface area contributed by atoms with Gasteiger partial charge in [-0.05, 0) is 29.6 Å². The van der Waals surface area contributed by atoms with Crippen LogP contribution < -0.4 is 11.0 Å². The quantitative estimate of drug-likeness (QED) is 0.742. The van der Waals surface area contributed by atoms with Crippen LogP contribution in [0.1, 0.15) is 16.6 Å². The van der Waals surface area contributed by atoms with Crippen molar-refractivity contribution in [3.05, 3.63) is 81.4 Å². The van der Waals surface area contributed by atoms with Crippen molar-refractivity contribution in [2.45, 2.75) is 19.0 Å². The van der Waals surface area contributed by atoms with E-state index in [1.807, 2.05) is 35.7 Å². The van der Waals surface area contributed by atoms with Crippen LogP contribution in [0.5, 0.6) is 0 Å². The summed E-state index contributed by atoms with van der Waals surface area (Å²) >= 11 is 1.64. The lowest BCUT2D eigenvalue weighted by atomic mass is 10.1. The molecule has 0 fully saturated rings. The Balaban J connectivity index is 1.75. The Morgan fingerprint density at radius 1 is 1.17 bits per heavy atom. The molecule has 7 heteroatoms. The van der Waals surface area contributed by atoms with Crippen LogP contribution in [0.4, 0.5) is 0 Å². The van der Waals surface area contributed by atoms with Gasteiger partial charge < -0.3 is 5.32 Å². The van der Waals surface area contributed by atoms with E-state index in [0.29, 0.717) is 6.42 Å². The second-order valence-corrected chi connectivity index (χ2v) is 6.22. The number of aromatic nitrogens is 3. The Hall–Kier alpha value is -2.80. The molecular weight excluding hydrogens is 324 g/mol. The van der Waals surface area contributed by atoms with Gasteiger partial charge in [0.1, 0.15) is 6.54 Å². The lowest BCUT2D eigenvalue weighted by molar-refractivity contribution is -0.122. The van der Waals surface area contributed by atoms with Crippen LogP contribution in [-0.2, 0) is 17.8 Å². The van der Waals surface area contributed by atoms with E-state index in [4.69, 9.17) is 0 Å². The van der Waals surface area contributed by atoms with Gasteiger partial charge in [0.2, 0.25) is 5.91 Å². The molecular formula is C17H16N4O2S. The number of rotatable bonds is 6. The summed E-state index contributed by atoms with van der Waals surface area (Å²) in [5, 5.41) is 4.97. The van der Waals surface area contributed by atoms with Gasteiger partial charge in [0.05, 0.1) is 11.7 Å². The highest BCUT2D eigenvalue weighted by molar-refractivity contribution is 7.09. The summed E-state index contributed by atoms with van der Waals surface area (Å²) in [7, 11) is 0. The summed E-state index contributed by atoms with van der Waals surface area (Å²) in [6.07, 6.45) is 5.31. The van der Waals surface area contributed by atoms with Crippen LogP contribution in [0.3, 0.4) is 0 Å². The Morgan fingerprint density at radius 3 is 2.75 bits per heavy atom. The van der Waals surface area contributed by atoms with E-state index in [9.17, 15) is 9.59 Å². The summed E-state index contributed by atoms with van der Waals surface area (Å²) in [4.78, 5) is 33.1. The molecule has 0 spiro atoms. The highest BCUT2D eigenvalue weighted by Crippen LogP contribution is 2.19. The Morgan fingerprint density at radius 2 is 2.04 bits per heavy atom. The minimum absolute atomic E-state index is 0.0690. The predicted molar refractivity (Wildman–Crippen MR) is 91.6 cm³/mol. The number of carbonyl (C=O) groups is 1. The van der Waals surface area contributed by atoms with Crippen molar-refractivity contribution >= 4 is 17.2 Å². The third kappa shape index (κ3) is 4.14. The SMILES string of the molecule is O=C(Cn1cccnc1=O)N[C@@H](Cc1cccs1)c1ccccn1.